The van der Waals surface area contributed by atoms with Crippen molar-refractivity contribution < 1.29 is 27.8 Å². The molecule has 0 fully saturated rings. The number of carbonyl (C=O) groups excluding carboxylic acids is 1. The summed E-state index contributed by atoms with van der Waals surface area (Å²) in [5.74, 6) is -1.54. The van der Waals surface area contributed by atoms with Gasteiger partial charge in [-0.1, -0.05) is 29.3 Å². The predicted octanol–water partition coefficient (Wildman–Crippen LogP) is 4.30. The zero-order chi connectivity index (χ0) is 19.5. The summed E-state index contributed by atoms with van der Waals surface area (Å²) in [6, 6.07) is 3.91. The van der Waals surface area contributed by atoms with Crippen LogP contribution in [0.4, 0.5) is 0 Å². The molecular formula is C15H13BrCl2O6S2. The van der Waals surface area contributed by atoms with Gasteiger partial charge in [-0.2, -0.15) is 0 Å². The van der Waals surface area contributed by atoms with Crippen LogP contribution in [0.25, 0.3) is 0 Å². The van der Waals surface area contributed by atoms with Gasteiger partial charge in [0.1, 0.15) is 31.5 Å². The quantitative estimate of drug-likeness (QED) is 0.447. The third-order valence-electron chi connectivity index (χ3n) is 3.20. The summed E-state index contributed by atoms with van der Waals surface area (Å²) >= 11 is 15.9. The molecule has 0 aliphatic carbocycles. The summed E-state index contributed by atoms with van der Waals surface area (Å²) < 4.78 is 35.4. The lowest BCUT2D eigenvalue weighted by atomic mass is 10.1. The van der Waals surface area contributed by atoms with E-state index in [1.807, 2.05) is 0 Å². The van der Waals surface area contributed by atoms with Crippen LogP contribution in [-0.2, 0) is 25.1 Å². The van der Waals surface area contributed by atoms with Crippen molar-refractivity contribution in [3.63, 3.8) is 0 Å². The fourth-order valence-corrected chi connectivity index (χ4v) is 7.13. The number of thiophene rings is 1. The number of esters is 1. The van der Waals surface area contributed by atoms with Crippen LogP contribution in [0.15, 0.2) is 27.6 Å². The molecule has 0 unspecified atom stereocenters. The van der Waals surface area contributed by atoms with Crippen molar-refractivity contribution in [3.05, 3.63) is 42.5 Å². The number of aromatic hydroxyl groups is 1. The van der Waals surface area contributed by atoms with Crippen LogP contribution in [0, 0.1) is 0 Å². The van der Waals surface area contributed by atoms with E-state index in [0.29, 0.717) is 0 Å². The molecule has 0 aliphatic rings. The van der Waals surface area contributed by atoms with Crippen LogP contribution >= 0.6 is 50.5 Å². The normalized spacial score (nSPS) is 11.5. The van der Waals surface area contributed by atoms with Gasteiger partial charge in [-0.05, 0) is 33.6 Å². The second-order valence-electron chi connectivity index (χ2n) is 5.03. The maximum atomic E-state index is 12.6. The number of phenolic OH excluding ortho intramolecular Hbond substituents is 1. The second-order valence-corrected chi connectivity index (χ2v) is 9.98. The monoisotopic (exact) mass is 502 g/mol. The smallest absolute Gasteiger partial charge is 0.341 e. The number of halogens is 3. The van der Waals surface area contributed by atoms with E-state index in [9.17, 15) is 18.3 Å². The van der Waals surface area contributed by atoms with E-state index < -0.39 is 21.6 Å². The van der Waals surface area contributed by atoms with Gasteiger partial charge in [0, 0.05) is 7.11 Å². The van der Waals surface area contributed by atoms with Gasteiger partial charge in [0.05, 0.1) is 16.8 Å². The Morgan fingerprint density at radius 3 is 2.50 bits per heavy atom. The third kappa shape index (κ3) is 4.90. The first kappa shape index (κ1) is 21.5. The fourth-order valence-electron chi connectivity index (χ4n) is 2.03. The van der Waals surface area contributed by atoms with Crippen LogP contribution in [0.2, 0.25) is 8.67 Å². The van der Waals surface area contributed by atoms with Crippen molar-refractivity contribution in [2.45, 2.75) is 10.6 Å². The minimum absolute atomic E-state index is 0.0380. The Morgan fingerprint density at radius 2 is 1.96 bits per heavy atom. The molecule has 0 radical (unpaired) electrons. The number of benzene rings is 1. The Balaban J connectivity index is 2.23. The predicted molar refractivity (Wildman–Crippen MR) is 103 cm³/mol. The summed E-state index contributed by atoms with van der Waals surface area (Å²) in [4.78, 5) is 11.8. The zero-order valence-electron chi connectivity index (χ0n) is 13.3. The van der Waals surface area contributed by atoms with Crippen molar-refractivity contribution in [1.82, 2.24) is 0 Å². The molecule has 0 bridgehead atoms. The van der Waals surface area contributed by atoms with Gasteiger partial charge in [-0.3, -0.25) is 0 Å². The molecule has 0 aliphatic heterocycles. The van der Waals surface area contributed by atoms with Gasteiger partial charge in [0.2, 0.25) is 0 Å². The molecule has 0 atom stereocenters. The van der Waals surface area contributed by atoms with E-state index in [0.717, 1.165) is 11.3 Å². The number of phenols is 1. The Labute approximate surface area is 172 Å². The number of ether oxygens (including phenoxy) is 2. The van der Waals surface area contributed by atoms with Crippen molar-refractivity contribution in [3.8, 4) is 5.75 Å². The average molecular weight is 504 g/mol. The lowest BCUT2D eigenvalue weighted by Gasteiger charge is -2.09. The Kier molecular flexibility index (Phi) is 7.35. The van der Waals surface area contributed by atoms with E-state index in [1.165, 1.54) is 25.3 Å². The van der Waals surface area contributed by atoms with Crippen LogP contribution in [-0.4, -0.2) is 39.8 Å². The summed E-state index contributed by atoms with van der Waals surface area (Å²) in [5.41, 5.74) is 0.210. The Morgan fingerprint density at radius 1 is 1.27 bits per heavy atom. The number of hydrogen-bond donors (Lipinski definition) is 1. The van der Waals surface area contributed by atoms with E-state index in [4.69, 9.17) is 32.7 Å². The first-order valence-electron chi connectivity index (χ1n) is 7.01. The molecular weight excluding hydrogens is 491 g/mol. The highest BCUT2D eigenvalue weighted by molar-refractivity contribution is 9.10. The van der Waals surface area contributed by atoms with Gasteiger partial charge in [0.25, 0.3) is 0 Å². The molecule has 1 N–H and O–H groups in total. The second kappa shape index (κ2) is 8.90. The zero-order valence-corrected chi connectivity index (χ0v) is 18.0. The maximum absolute atomic E-state index is 12.6. The van der Waals surface area contributed by atoms with Gasteiger partial charge < -0.3 is 14.6 Å². The lowest BCUT2D eigenvalue weighted by Crippen LogP contribution is -2.10. The highest BCUT2D eigenvalue weighted by atomic mass is 79.9. The minimum atomic E-state index is -3.82. The van der Waals surface area contributed by atoms with E-state index in [1.54, 1.807) is 0 Å². The van der Waals surface area contributed by atoms with Crippen molar-refractivity contribution >= 4 is 66.3 Å². The summed E-state index contributed by atoms with van der Waals surface area (Å²) in [6.07, 6.45) is 0. The molecule has 2 aromatic rings. The van der Waals surface area contributed by atoms with E-state index in [2.05, 4.69) is 15.9 Å². The summed E-state index contributed by atoms with van der Waals surface area (Å²) in [5, 5.41) is 10.0. The van der Waals surface area contributed by atoms with Crippen LogP contribution in [0.1, 0.15) is 15.9 Å². The fraction of sp³-hybridized carbons (Fsp3) is 0.267. The maximum Gasteiger partial charge on any atom is 0.341 e. The molecule has 1 aromatic heterocycles. The van der Waals surface area contributed by atoms with Gasteiger partial charge in [0.15, 0.2) is 9.84 Å². The minimum Gasteiger partial charge on any atom is -0.507 e. The van der Waals surface area contributed by atoms with Gasteiger partial charge in [-0.25, -0.2) is 13.2 Å². The van der Waals surface area contributed by atoms with Crippen LogP contribution in [0.3, 0.4) is 0 Å². The SMILES string of the molecule is COCCOC(=O)c1ccc(CS(=O)(=O)c2c(Cl)sc(Cl)c2Br)cc1O. The molecule has 142 valence electrons. The molecule has 0 amide bonds. The topological polar surface area (TPSA) is 89.9 Å². The largest absolute Gasteiger partial charge is 0.507 e. The average Bonchev–Trinajstić information content (AvgIpc) is 2.80. The molecule has 26 heavy (non-hydrogen) atoms. The molecule has 11 heteroatoms. The first-order valence-corrected chi connectivity index (χ1v) is 11.0. The molecule has 0 saturated carbocycles. The molecule has 0 saturated heterocycles. The molecule has 0 spiro atoms. The van der Waals surface area contributed by atoms with E-state index >= 15 is 0 Å². The standard InChI is InChI=1S/C15H13BrCl2O6S2/c1-23-4-5-24-15(20)9-3-2-8(6-10(9)19)7-26(21,22)12-11(16)13(17)25-14(12)18/h2-3,6,19H,4-5,7H2,1H3. The third-order valence-corrected chi connectivity index (χ3v) is 8.34. The number of methoxy groups -OCH3 is 1. The van der Waals surface area contributed by atoms with Crippen LogP contribution < -0.4 is 0 Å². The number of sulfone groups is 1. The number of hydrogen-bond acceptors (Lipinski definition) is 7. The molecule has 2 rings (SSSR count). The number of rotatable bonds is 7. The molecule has 6 nitrogen and oxygen atoms in total. The van der Waals surface area contributed by atoms with Crippen molar-refractivity contribution in [2.75, 3.05) is 20.3 Å². The highest BCUT2D eigenvalue weighted by Gasteiger charge is 2.27. The lowest BCUT2D eigenvalue weighted by molar-refractivity contribution is 0.0385. The number of carbonyl (C=O) groups is 1. The van der Waals surface area contributed by atoms with Crippen molar-refractivity contribution in [2.24, 2.45) is 0 Å². The summed E-state index contributed by atoms with van der Waals surface area (Å²) in [6.45, 7) is 0.262. The van der Waals surface area contributed by atoms with E-state index in [-0.39, 0.29) is 48.1 Å². The first-order chi connectivity index (χ1) is 12.2. The highest BCUT2D eigenvalue weighted by Crippen LogP contribution is 2.44. The Bertz CT molecular complexity index is 926. The van der Waals surface area contributed by atoms with Gasteiger partial charge >= 0.3 is 5.97 Å². The summed E-state index contributed by atoms with van der Waals surface area (Å²) in [7, 11) is -2.35. The van der Waals surface area contributed by atoms with Crippen LogP contribution in [0.5, 0.6) is 5.75 Å². The van der Waals surface area contributed by atoms with Gasteiger partial charge in [-0.15, -0.1) is 11.3 Å². The Hall–Kier alpha value is -0.840. The molecule has 1 heterocycles. The molecule has 1 aromatic carbocycles. The van der Waals surface area contributed by atoms with Crippen molar-refractivity contribution in [1.29, 1.82) is 0 Å².